The number of aromatic carboxylic acids is 2. The quantitative estimate of drug-likeness (QED) is 0.363. The summed E-state index contributed by atoms with van der Waals surface area (Å²) in [6, 6.07) is 2.51. The highest BCUT2D eigenvalue weighted by molar-refractivity contribution is 5.95. The predicted octanol–water partition coefficient (Wildman–Crippen LogP) is 1.66. The van der Waals surface area contributed by atoms with E-state index < -0.39 is 11.9 Å². The van der Waals surface area contributed by atoms with Crippen LogP contribution in [-0.2, 0) is 22.7 Å². The zero-order valence-electron chi connectivity index (χ0n) is 14.6. The van der Waals surface area contributed by atoms with Gasteiger partial charge in [0.1, 0.15) is 0 Å². The number of carbonyl (C=O) groups is 2. The minimum atomic E-state index is -1.23. The first-order chi connectivity index (χ1) is 12.5. The maximum atomic E-state index is 11.5. The highest BCUT2D eigenvalue weighted by Gasteiger charge is 2.19. The van der Waals surface area contributed by atoms with Crippen molar-refractivity contribution in [3.8, 4) is 0 Å². The van der Waals surface area contributed by atoms with Crippen LogP contribution in [0.2, 0.25) is 0 Å². The number of carboxylic acid groups (broad SMARTS) is 2. The third-order valence-electron chi connectivity index (χ3n) is 3.72. The van der Waals surface area contributed by atoms with E-state index in [0.717, 1.165) is 6.07 Å². The van der Waals surface area contributed by atoms with E-state index in [1.54, 1.807) is 0 Å². The fourth-order valence-electron chi connectivity index (χ4n) is 2.33. The van der Waals surface area contributed by atoms with Crippen molar-refractivity contribution in [3.05, 3.63) is 34.4 Å². The lowest BCUT2D eigenvalue weighted by molar-refractivity contribution is 0.0682. The molecule has 0 atom stereocenters. The molecule has 26 heavy (non-hydrogen) atoms. The number of hydrogen-bond donors (Lipinski definition) is 4. The Kier molecular flexibility index (Phi) is 10.5. The van der Waals surface area contributed by atoms with Gasteiger partial charge in [0, 0.05) is 26.4 Å². The SMILES string of the molecule is O=C(O)c1cc(COCCCCO)c(COCCCCO)c(C(=O)O)c1. The van der Waals surface area contributed by atoms with Crippen molar-refractivity contribution in [1.29, 1.82) is 0 Å². The normalized spacial score (nSPS) is 10.8. The number of benzene rings is 1. The lowest BCUT2D eigenvalue weighted by Crippen LogP contribution is -2.13. The van der Waals surface area contributed by atoms with Crippen LogP contribution in [0, 0.1) is 0 Å². The van der Waals surface area contributed by atoms with Crippen LogP contribution < -0.4 is 0 Å². The number of rotatable bonds is 14. The lowest BCUT2D eigenvalue weighted by Gasteiger charge is -2.15. The van der Waals surface area contributed by atoms with Gasteiger partial charge in [0.2, 0.25) is 0 Å². The molecule has 0 radical (unpaired) electrons. The van der Waals surface area contributed by atoms with Gasteiger partial charge in [-0.15, -0.1) is 0 Å². The van der Waals surface area contributed by atoms with Crippen LogP contribution in [0.3, 0.4) is 0 Å². The molecule has 8 heteroatoms. The van der Waals surface area contributed by atoms with E-state index in [1.807, 2.05) is 0 Å². The summed E-state index contributed by atoms with van der Waals surface area (Å²) in [6.45, 7) is 0.927. The Labute approximate surface area is 152 Å². The zero-order valence-corrected chi connectivity index (χ0v) is 14.6. The predicted molar refractivity (Wildman–Crippen MR) is 92.3 cm³/mol. The van der Waals surface area contributed by atoms with Gasteiger partial charge in [-0.05, 0) is 48.9 Å². The van der Waals surface area contributed by atoms with E-state index in [0.29, 0.717) is 50.0 Å². The van der Waals surface area contributed by atoms with Crippen molar-refractivity contribution in [2.24, 2.45) is 0 Å². The van der Waals surface area contributed by atoms with Crippen molar-refractivity contribution >= 4 is 11.9 Å². The molecule has 1 aromatic carbocycles. The molecule has 0 aliphatic rings. The number of aliphatic hydroxyl groups excluding tert-OH is 2. The van der Waals surface area contributed by atoms with Crippen LogP contribution in [0.1, 0.15) is 57.5 Å². The second-order valence-corrected chi connectivity index (χ2v) is 5.74. The molecule has 0 bridgehead atoms. The Hall–Kier alpha value is -2.00. The average molecular weight is 370 g/mol. The standard InChI is InChI=1S/C18H26O8/c19-5-1-3-7-25-11-14-9-13(17(21)22)10-15(18(23)24)16(14)12-26-8-4-2-6-20/h9-10,19-20H,1-8,11-12H2,(H,21,22)(H,23,24). The van der Waals surface area contributed by atoms with Crippen molar-refractivity contribution < 1.29 is 39.5 Å². The summed E-state index contributed by atoms with van der Waals surface area (Å²) >= 11 is 0. The van der Waals surface area contributed by atoms with Gasteiger partial charge < -0.3 is 29.9 Å². The maximum Gasteiger partial charge on any atom is 0.336 e. The Morgan fingerprint density at radius 1 is 0.808 bits per heavy atom. The molecule has 0 saturated carbocycles. The van der Waals surface area contributed by atoms with E-state index in [9.17, 15) is 19.8 Å². The molecular weight excluding hydrogens is 344 g/mol. The Morgan fingerprint density at radius 2 is 1.38 bits per heavy atom. The molecule has 1 aromatic rings. The van der Waals surface area contributed by atoms with E-state index in [4.69, 9.17) is 19.7 Å². The summed E-state index contributed by atoms with van der Waals surface area (Å²) in [5, 5.41) is 36.2. The topological polar surface area (TPSA) is 134 Å². The highest BCUT2D eigenvalue weighted by atomic mass is 16.5. The number of ether oxygens (including phenoxy) is 2. The average Bonchev–Trinajstić information content (AvgIpc) is 2.61. The van der Waals surface area contributed by atoms with Gasteiger partial charge in [0.15, 0.2) is 0 Å². The fourth-order valence-corrected chi connectivity index (χ4v) is 2.33. The number of hydrogen-bond acceptors (Lipinski definition) is 6. The van der Waals surface area contributed by atoms with Crippen LogP contribution in [0.5, 0.6) is 0 Å². The molecule has 0 saturated heterocycles. The van der Waals surface area contributed by atoms with Gasteiger partial charge in [0.05, 0.1) is 24.3 Å². The Balaban J connectivity index is 2.95. The molecular formula is C18H26O8. The first kappa shape index (κ1) is 22.0. The second kappa shape index (κ2) is 12.4. The van der Waals surface area contributed by atoms with Gasteiger partial charge in [0.25, 0.3) is 0 Å². The van der Waals surface area contributed by atoms with Crippen molar-refractivity contribution in [1.82, 2.24) is 0 Å². The lowest BCUT2D eigenvalue weighted by atomic mass is 9.98. The number of carboxylic acids is 2. The van der Waals surface area contributed by atoms with Crippen LogP contribution >= 0.6 is 0 Å². The molecule has 0 spiro atoms. The summed E-state index contributed by atoms with van der Waals surface area (Å²) in [4.78, 5) is 22.8. The molecule has 0 unspecified atom stereocenters. The van der Waals surface area contributed by atoms with Gasteiger partial charge in [-0.25, -0.2) is 9.59 Å². The number of unbranched alkanes of at least 4 members (excludes halogenated alkanes) is 2. The van der Waals surface area contributed by atoms with Crippen LogP contribution in [0.4, 0.5) is 0 Å². The van der Waals surface area contributed by atoms with Gasteiger partial charge in [-0.2, -0.15) is 0 Å². The van der Waals surface area contributed by atoms with Crippen LogP contribution in [0.15, 0.2) is 12.1 Å². The van der Waals surface area contributed by atoms with E-state index in [1.165, 1.54) is 6.07 Å². The van der Waals surface area contributed by atoms with E-state index >= 15 is 0 Å². The molecule has 0 heterocycles. The number of aliphatic hydroxyl groups is 2. The second-order valence-electron chi connectivity index (χ2n) is 5.74. The maximum absolute atomic E-state index is 11.5. The molecule has 0 amide bonds. The molecule has 0 aliphatic carbocycles. The first-order valence-corrected chi connectivity index (χ1v) is 8.50. The monoisotopic (exact) mass is 370 g/mol. The molecule has 4 N–H and O–H groups in total. The molecule has 8 nitrogen and oxygen atoms in total. The largest absolute Gasteiger partial charge is 0.478 e. The third kappa shape index (κ3) is 7.49. The van der Waals surface area contributed by atoms with Crippen molar-refractivity contribution in [3.63, 3.8) is 0 Å². The Bertz CT molecular complexity index is 585. The van der Waals surface area contributed by atoms with Crippen molar-refractivity contribution in [2.75, 3.05) is 26.4 Å². The molecule has 0 aliphatic heterocycles. The minimum absolute atomic E-state index is 0.0162. The van der Waals surface area contributed by atoms with E-state index in [-0.39, 0.29) is 37.6 Å². The van der Waals surface area contributed by atoms with Gasteiger partial charge in [-0.3, -0.25) is 0 Å². The summed E-state index contributed by atoms with van der Waals surface area (Å²) in [7, 11) is 0. The van der Waals surface area contributed by atoms with Crippen molar-refractivity contribution in [2.45, 2.75) is 38.9 Å². The minimum Gasteiger partial charge on any atom is -0.478 e. The van der Waals surface area contributed by atoms with Crippen LogP contribution in [0.25, 0.3) is 0 Å². The molecule has 146 valence electrons. The van der Waals surface area contributed by atoms with E-state index in [2.05, 4.69) is 0 Å². The highest BCUT2D eigenvalue weighted by Crippen LogP contribution is 2.21. The fraction of sp³-hybridized carbons (Fsp3) is 0.556. The molecule has 0 fully saturated rings. The summed E-state index contributed by atoms with van der Waals surface area (Å²) in [6.07, 6.45) is 2.47. The smallest absolute Gasteiger partial charge is 0.336 e. The summed E-state index contributed by atoms with van der Waals surface area (Å²) < 4.78 is 11.0. The van der Waals surface area contributed by atoms with Gasteiger partial charge in [-0.1, -0.05) is 0 Å². The first-order valence-electron chi connectivity index (χ1n) is 8.50. The summed E-state index contributed by atoms with van der Waals surface area (Å²) in [5.74, 6) is -2.45. The third-order valence-corrected chi connectivity index (χ3v) is 3.72. The Morgan fingerprint density at radius 3 is 1.88 bits per heavy atom. The zero-order chi connectivity index (χ0) is 19.4. The van der Waals surface area contributed by atoms with Gasteiger partial charge >= 0.3 is 11.9 Å². The van der Waals surface area contributed by atoms with Crippen LogP contribution in [-0.4, -0.2) is 58.8 Å². The summed E-state index contributed by atoms with van der Waals surface area (Å²) in [5.41, 5.74) is 0.587. The molecule has 1 rings (SSSR count). The molecule has 0 aromatic heterocycles.